The van der Waals surface area contributed by atoms with Crippen molar-refractivity contribution in [2.75, 3.05) is 26.7 Å². The molecule has 1 fully saturated rings. The van der Waals surface area contributed by atoms with Gasteiger partial charge in [0.05, 0.1) is 0 Å². The largest absolute Gasteiger partial charge is 0.309 e. The summed E-state index contributed by atoms with van der Waals surface area (Å²) >= 11 is 0. The Morgan fingerprint density at radius 3 is 2.25 bits per heavy atom. The van der Waals surface area contributed by atoms with E-state index < -0.39 is 0 Å². The van der Waals surface area contributed by atoms with Gasteiger partial charge in [-0.25, -0.2) is 0 Å². The summed E-state index contributed by atoms with van der Waals surface area (Å²) < 4.78 is 0. The van der Waals surface area contributed by atoms with Crippen molar-refractivity contribution in [2.45, 2.75) is 45.6 Å². The fraction of sp³-hybridized carbons (Fsp3) is 0.667. The zero-order valence-electron chi connectivity index (χ0n) is 13.5. The van der Waals surface area contributed by atoms with E-state index in [1.54, 1.807) is 0 Å². The van der Waals surface area contributed by atoms with E-state index in [0.29, 0.717) is 12.0 Å². The minimum Gasteiger partial charge on any atom is -0.309 e. The maximum atomic E-state index is 3.63. The van der Waals surface area contributed by atoms with Gasteiger partial charge in [0.1, 0.15) is 0 Å². The molecule has 0 aromatic heterocycles. The Hall–Kier alpha value is -0.860. The van der Waals surface area contributed by atoms with Gasteiger partial charge >= 0.3 is 0 Å². The number of rotatable bonds is 8. The van der Waals surface area contributed by atoms with Gasteiger partial charge in [0.25, 0.3) is 0 Å². The third kappa shape index (κ3) is 4.60. The van der Waals surface area contributed by atoms with Gasteiger partial charge in [0.15, 0.2) is 0 Å². The highest BCUT2D eigenvalue weighted by Crippen LogP contribution is 2.30. The molecule has 2 nitrogen and oxygen atoms in total. The lowest BCUT2D eigenvalue weighted by atomic mass is 9.99. The van der Waals surface area contributed by atoms with Crippen LogP contribution in [0.25, 0.3) is 0 Å². The number of likely N-dealkylation sites (N-methyl/N-ethyl adjacent to an activating group) is 2. The van der Waals surface area contributed by atoms with Crippen molar-refractivity contribution in [2.24, 2.45) is 5.92 Å². The maximum Gasteiger partial charge on any atom is 0.0449 e. The van der Waals surface area contributed by atoms with Crippen LogP contribution in [0.5, 0.6) is 0 Å². The lowest BCUT2D eigenvalue weighted by Gasteiger charge is -2.25. The number of benzene rings is 1. The van der Waals surface area contributed by atoms with Crippen molar-refractivity contribution in [3.05, 3.63) is 35.4 Å². The summed E-state index contributed by atoms with van der Waals surface area (Å²) in [5.41, 5.74) is 2.84. The van der Waals surface area contributed by atoms with E-state index in [-0.39, 0.29) is 0 Å². The minimum atomic E-state index is 0.449. The fourth-order valence-corrected chi connectivity index (χ4v) is 2.77. The second-order valence-electron chi connectivity index (χ2n) is 6.60. The molecule has 1 N–H and O–H groups in total. The van der Waals surface area contributed by atoms with Crippen molar-refractivity contribution >= 4 is 0 Å². The quantitative estimate of drug-likeness (QED) is 0.775. The van der Waals surface area contributed by atoms with Crippen molar-refractivity contribution in [3.8, 4) is 0 Å². The summed E-state index contributed by atoms with van der Waals surface area (Å²) in [6, 6.07) is 9.61. The normalized spacial score (nSPS) is 16.9. The monoisotopic (exact) mass is 274 g/mol. The van der Waals surface area contributed by atoms with Crippen LogP contribution in [0, 0.1) is 5.92 Å². The minimum absolute atomic E-state index is 0.449. The van der Waals surface area contributed by atoms with Crippen molar-refractivity contribution in [3.63, 3.8) is 0 Å². The van der Waals surface area contributed by atoms with E-state index in [1.165, 1.54) is 30.5 Å². The fourth-order valence-electron chi connectivity index (χ4n) is 2.77. The Kier molecular flexibility index (Phi) is 5.62. The van der Waals surface area contributed by atoms with Crippen LogP contribution >= 0.6 is 0 Å². The van der Waals surface area contributed by atoms with Gasteiger partial charge in [-0.2, -0.15) is 0 Å². The van der Waals surface area contributed by atoms with Crippen LogP contribution in [-0.4, -0.2) is 31.6 Å². The van der Waals surface area contributed by atoms with Crippen molar-refractivity contribution in [1.29, 1.82) is 0 Å². The molecule has 1 aliphatic carbocycles. The molecule has 1 unspecified atom stereocenters. The molecule has 1 aromatic rings. The molecule has 20 heavy (non-hydrogen) atoms. The predicted molar refractivity (Wildman–Crippen MR) is 87.2 cm³/mol. The summed E-state index contributed by atoms with van der Waals surface area (Å²) in [5.74, 6) is 1.57. The maximum absolute atomic E-state index is 3.63. The highest BCUT2D eigenvalue weighted by Gasteiger charge is 2.24. The van der Waals surface area contributed by atoms with Crippen LogP contribution in [0.3, 0.4) is 0 Å². The van der Waals surface area contributed by atoms with Gasteiger partial charge in [-0.3, -0.25) is 0 Å². The third-order valence-corrected chi connectivity index (χ3v) is 4.22. The second-order valence-corrected chi connectivity index (χ2v) is 6.60. The van der Waals surface area contributed by atoms with Gasteiger partial charge in [-0.1, -0.05) is 45.0 Å². The molecule has 112 valence electrons. The highest BCUT2D eigenvalue weighted by atomic mass is 15.1. The molecule has 2 heteroatoms. The lowest BCUT2D eigenvalue weighted by Crippen LogP contribution is -2.34. The zero-order valence-corrected chi connectivity index (χ0v) is 13.5. The zero-order chi connectivity index (χ0) is 14.5. The summed E-state index contributed by atoms with van der Waals surface area (Å²) in [6.45, 7) is 10.1. The Balaban J connectivity index is 1.98. The first-order valence-electron chi connectivity index (χ1n) is 8.12. The summed E-state index contributed by atoms with van der Waals surface area (Å²) in [4.78, 5) is 2.49. The lowest BCUT2D eigenvalue weighted by molar-refractivity contribution is 0.282. The van der Waals surface area contributed by atoms with Crippen LogP contribution in [-0.2, 0) is 0 Å². The van der Waals surface area contributed by atoms with E-state index in [9.17, 15) is 0 Å². The smallest absolute Gasteiger partial charge is 0.0449 e. The first-order chi connectivity index (χ1) is 9.60. The molecule has 0 radical (unpaired) electrons. The molecule has 1 atom stereocenters. The van der Waals surface area contributed by atoms with Crippen LogP contribution in [0.1, 0.15) is 56.7 Å². The molecule has 0 bridgehead atoms. The molecule has 2 rings (SSSR count). The first kappa shape index (κ1) is 15.5. The topological polar surface area (TPSA) is 15.3 Å². The van der Waals surface area contributed by atoms with Crippen LogP contribution < -0.4 is 5.32 Å². The predicted octanol–water partition coefficient (Wildman–Crippen LogP) is 3.80. The van der Waals surface area contributed by atoms with E-state index in [4.69, 9.17) is 0 Å². The number of hydrogen-bond acceptors (Lipinski definition) is 2. The van der Waals surface area contributed by atoms with Crippen LogP contribution in [0.4, 0.5) is 0 Å². The average molecular weight is 274 g/mol. The number of nitrogens with one attached hydrogen (secondary N) is 1. The summed E-state index contributed by atoms with van der Waals surface area (Å²) in [6.07, 6.45) is 2.86. The Morgan fingerprint density at radius 2 is 1.75 bits per heavy atom. The molecule has 0 aliphatic heterocycles. The molecule has 1 saturated carbocycles. The van der Waals surface area contributed by atoms with Crippen molar-refractivity contribution in [1.82, 2.24) is 10.2 Å². The molecule has 1 aliphatic rings. The van der Waals surface area contributed by atoms with E-state index in [0.717, 1.165) is 19.0 Å². The van der Waals surface area contributed by atoms with Gasteiger partial charge in [0.2, 0.25) is 0 Å². The second kappa shape index (κ2) is 7.24. The third-order valence-electron chi connectivity index (χ3n) is 4.22. The van der Waals surface area contributed by atoms with Gasteiger partial charge in [-0.15, -0.1) is 0 Å². The molecule has 0 amide bonds. The summed E-state index contributed by atoms with van der Waals surface area (Å²) in [7, 11) is 2.26. The standard InChI is InChI=1S/C18H30N2/c1-5-19-18(13-20(4)12-15-6-7-15)17-10-8-16(9-11-17)14(2)3/h8-11,14-15,18-19H,5-7,12-13H2,1-4H3. The van der Waals surface area contributed by atoms with Gasteiger partial charge in [-0.05, 0) is 49.4 Å². The first-order valence-corrected chi connectivity index (χ1v) is 8.12. The molecule has 1 aromatic carbocycles. The Labute approximate surface area is 124 Å². The van der Waals surface area contributed by atoms with Gasteiger partial charge in [0, 0.05) is 19.1 Å². The molecule has 0 spiro atoms. The molecule has 0 saturated heterocycles. The molecular weight excluding hydrogens is 244 g/mol. The molecular formula is C18H30N2. The van der Waals surface area contributed by atoms with Gasteiger partial charge < -0.3 is 10.2 Å². The number of nitrogens with zero attached hydrogens (tertiary/aromatic N) is 1. The molecule has 0 heterocycles. The Morgan fingerprint density at radius 1 is 1.15 bits per heavy atom. The van der Waals surface area contributed by atoms with Crippen LogP contribution in [0.2, 0.25) is 0 Å². The SMILES string of the molecule is CCNC(CN(C)CC1CC1)c1ccc(C(C)C)cc1. The van der Waals surface area contributed by atoms with Crippen molar-refractivity contribution < 1.29 is 0 Å². The van der Waals surface area contributed by atoms with E-state index in [1.807, 2.05) is 0 Å². The highest BCUT2D eigenvalue weighted by molar-refractivity contribution is 5.27. The number of hydrogen-bond donors (Lipinski definition) is 1. The van der Waals surface area contributed by atoms with E-state index in [2.05, 4.69) is 62.3 Å². The van der Waals surface area contributed by atoms with E-state index >= 15 is 0 Å². The summed E-state index contributed by atoms with van der Waals surface area (Å²) in [5, 5.41) is 3.63. The average Bonchev–Trinajstić information content (AvgIpc) is 3.22. The Bertz CT molecular complexity index is 392. The van der Waals surface area contributed by atoms with Crippen LogP contribution in [0.15, 0.2) is 24.3 Å².